The van der Waals surface area contributed by atoms with Gasteiger partial charge in [0.2, 0.25) is 0 Å². The zero-order valence-corrected chi connectivity index (χ0v) is 10.8. The lowest BCUT2D eigenvalue weighted by molar-refractivity contribution is 0.0956. The highest BCUT2D eigenvalue weighted by Crippen LogP contribution is 2.19. The average Bonchev–Trinajstić information content (AvgIpc) is 2.62. The van der Waals surface area contributed by atoms with E-state index in [9.17, 15) is 4.79 Å². The molecule has 0 unspecified atom stereocenters. The van der Waals surface area contributed by atoms with E-state index in [0.717, 1.165) is 25.7 Å². The van der Waals surface area contributed by atoms with E-state index in [-0.39, 0.29) is 12.5 Å². The van der Waals surface area contributed by atoms with E-state index in [0.29, 0.717) is 22.2 Å². The topological polar surface area (TPSA) is 88.2 Å². The molecular formula is C11H19N3O2S. The number of nitrogen functional groups attached to an aromatic ring is 1. The van der Waals surface area contributed by atoms with Crippen LogP contribution in [0.1, 0.15) is 41.0 Å². The molecule has 6 heteroatoms. The lowest BCUT2D eigenvalue weighted by atomic mass is 10.2. The molecule has 0 radical (unpaired) electrons. The van der Waals surface area contributed by atoms with Crippen LogP contribution >= 0.6 is 11.3 Å². The third-order valence-electron chi connectivity index (χ3n) is 2.39. The number of aliphatic hydroxyl groups excluding tert-OH is 1. The number of carbonyl (C=O) groups excluding carboxylic acids is 1. The van der Waals surface area contributed by atoms with Gasteiger partial charge < -0.3 is 16.2 Å². The van der Waals surface area contributed by atoms with Crippen molar-refractivity contribution in [3.8, 4) is 0 Å². The van der Waals surface area contributed by atoms with E-state index in [1.54, 1.807) is 6.92 Å². The fourth-order valence-corrected chi connectivity index (χ4v) is 2.25. The van der Waals surface area contributed by atoms with E-state index < -0.39 is 0 Å². The summed E-state index contributed by atoms with van der Waals surface area (Å²) in [5, 5.41) is 11.9. The van der Waals surface area contributed by atoms with Gasteiger partial charge in [-0.15, -0.1) is 0 Å². The van der Waals surface area contributed by atoms with Crippen LogP contribution in [0.3, 0.4) is 0 Å². The molecule has 1 aromatic rings. The van der Waals surface area contributed by atoms with Crippen molar-refractivity contribution < 1.29 is 9.90 Å². The van der Waals surface area contributed by atoms with Gasteiger partial charge in [0, 0.05) is 13.2 Å². The Bertz CT molecular complexity index is 366. The van der Waals surface area contributed by atoms with Crippen molar-refractivity contribution in [3.63, 3.8) is 0 Å². The van der Waals surface area contributed by atoms with E-state index >= 15 is 0 Å². The van der Waals surface area contributed by atoms with Gasteiger partial charge in [-0.05, 0) is 19.8 Å². The Labute approximate surface area is 105 Å². The zero-order valence-electron chi connectivity index (χ0n) is 10.0. The Morgan fingerprint density at radius 3 is 2.71 bits per heavy atom. The molecule has 0 atom stereocenters. The van der Waals surface area contributed by atoms with Crippen molar-refractivity contribution in [1.82, 2.24) is 10.3 Å². The van der Waals surface area contributed by atoms with E-state index in [1.165, 1.54) is 11.3 Å². The summed E-state index contributed by atoms with van der Waals surface area (Å²) in [7, 11) is 0. The summed E-state index contributed by atoms with van der Waals surface area (Å²) in [6.45, 7) is 2.68. The van der Waals surface area contributed by atoms with Crippen molar-refractivity contribution in [1.29, 1.82) is 0 Å². The highest BCUT2D eigenvalue weighted by Gasteiger charge is 2.13. The van der Waals surface area contributed by atoms with Gasteiger partial charge in [0.05, 0.1) is 5.69 Å². The quantitative estimate of drug-likeness (QED) is 0.643. The molecule has 0 fully saturated rings. The molecule has 0 aliphatic rings. The number of aliphatic hydroxyl groups is 1. The van der Waals surface area contributed by atoms with Gasteiger partial charge in [0.1, 0.15) is 4.88 Å². The van der Waals surface area contributed by atoms with Gasteiger partial charge in [-0.1, -0.05) is 24.2 Å². The first-order valence-corrected chi connectivity index (χ1v) is 6.58. The number of hydrogen-bond acceptors (Lipinski definition) is 5. The Morgan fingerprint density at radius 2 is 2.12 bits per heavy atom. The van der Waals surface area contributed by atoms with Crippen LogP contribution in [0.2, 0.25) is 0 Å². The third kappa shape index (κ3) is 4.70. The zero-order chi connectivity index (χ0) is 12.7. The maximum Gasteiger partial charge on any atom is 0.263 e. The van der Waals surface area contributed by atoms with Crippen LogP contribution in [-0.2, 0) is 0 Å². The van der Waals surface area contributed by atoms with E-state index in [1.807, 2.05) is 0 Å². The minimum Gasteiger partial charge on any atom is -0.396 e. The number of thiazole rings is 1. The second kappa shape index (κ2) is 7.24. The van der Waals surface area contributed by atoms with Crippen molar-refractivity contribution in [2.24, 2.45) is 0 Å². The predicted molar refractivity (Wildman–Crippen MR) is 69.2 cm³/mol. The van der Waals surface area contributed by atoms with Crippen LogP contribution < -0.4 is 11.1 Å². The molecule has 0 saturated carbocycles. The molecule has 1 aromatic heterocycles. The Morgan fingerprint density at radius 1 is 1.41 bits per heavy atom. The normalized spacial score (nSPS) is 10.5. The molecule has 5 nitrogen and oxygen atoms in total. The molecule has 0 aliphatic carbocycles. The molecule has 17 heavy (non-hydrogen) atoms. The Hall–Kier alpha value is -1.14. The van der Waals surface area contributed by atoms with E-state index in [2.05, 4.69) is 10.3 Å². The van der Waals surface area contributed by atoms with Crippen molar-refractivity contribution in [2.45, 2.75) is 32.6 Å². The van der Waals surface area contributed by atoms with E-state index in [4.69, 9.17) is 10.8 Å². The number of anilines is 1. The van der Waals surface area contributed by atoms with Crippen molar-refractivity contribution in [3.05, 3.63) is 10.6 Å². The summed E-state index contributed by atoms with van der Waals surface area (Å²) in [4.78, 5) is 16.3. The third-order valence-corrected chi connectivity index (χ3v) is 3.38. The molecule has 0 spiro atoms. The molecule has 0 aliphatic heterocycles. The summed E-state index contributed by atoms with van der Waals surface area (Å²) in [6, 6.07) is 0. The van der Waals surface area contributed by atoms with Gasteiger partial charge >= 0.3 is 0 Å². The molecule has 0 saturated heterocycles. The first-order chi connectivity index (χ1) is 8.15. The molecule has 1 rings (SSSR count). The van der Waals surface area contributed by atoms with Crippen LogP contribution in [0, 0.1) is 6.92 Å². The molecule has 0 bridgehead atoms. The smallest absolute Gasteiger partial charge is 0.263 e. The van der Waals surface area contributed by atoms with Gasteiger partial charge in [0.15, 0.2) is 5.13 Å². The number of hydrogen-bond donors (Lipinski definition) is 3. The molecule has 1 heterocycles. The fraction of sp³-hybridized carbons (Fsp3) is 0.636. The first kappa shape index (κ1) is 13.9. The number of amides is 1. The lowest BCUT2D eigenvalue weighted by Crippen LogP contribution is -2.24. The van der Waals surface area contributed by atoms with Crippen LogP contribution in [0.15, 0.2) is 0 Å². The summed E-state index contributed by atoms with van der Waals surface area (Å²) < 4.78 is 0. The van der Waals surface area contributed by atoms with Gasteiger partial charge in [-0.3, -0.25) is 4.79 Å². The molecule has 1 amide bonds. The average molecular weight is 257 g/mol. The van der Waals surface area contributed by atoms with Crippen LogP contribution in [0.25, 0.3) is 0 Å². The molecule has 4 N–H and O–H groups in total. The van der Waals surface area contributed by atoms with Crippen molar-refractivity contribution >= 4 is 22.4 Å². The first-order valence-electron chi connectivity index (χ1n) is 5.77. The monoisotopic (exact) mass is 257 g/mol. The van der Waals surface area contributed by atoms with Gasteiger partial charge in [-0.2, -0.15) is 0 Å². The molecular weight excluding hydrogens is 238 g/mol. The summed E-state index contributed by atoms with van der Waals surface area (Å²) in [5.74, 6) is -0.0983. The number of unbranched alkanes of at least 4 members (excludes halogenated alkanes) is 3. The van der Waals surface area contributed by atoms with Crippen molar-refractivity contribution in [2.75, 3.05) is 18.9 Å². The number of rotatable bonds is 7. The number of aromatic nitrogens is 1. The SMILES string of the molecule is Cc1nc(N)sc1C(=O)NCCCCCCO. The lowest BCUT2D eigenvalue weighted by Gasteiger charge is -2.03. The summed E-state index contributed by atoms with van der Waals surface area (Å²) in [6.07, 6.45) is 3.78. The highest BCUT2D eigenvalue weighted by atomic mass is 32.1. The summed E-state index contributed by atoms with van der Waals surface area (Å²) in [5.41, 5.74) is 6.22. The standard InChI is InChI=1S/C11H19N3O2S/c1-8-9(17-11(12)14-8)10(16)13-6-4-2-3-5-7-15/h15H,2-7H2,1H3,(H2,12,14)(H,13,16). The maximum absolute atomic E-state index is 11.7. The minimum atomic E-state index is -0.0983. The minimum absolute atomic E-state index is 0.0983. The fourth-order valence-electron chi connectivity index (χ4n) is 1.50. The number of nitrogens with zero attached hydrogens (tertiary/aromatic N) is 1. The molecule has 0 aromatic carbocycles. The van der Waals surface area contributed by atoms with Gasteiger partial charge in [0.25, 0.3) is 5.91 Å². The van der Waals surface area contributed by atoms with Crippen LogP contribution in [0.5, 0.6) is 0 Å². The van der Waals surface area contributed by atoms with Crippen LogP contribution in [-0.4, -0.2) is 29.1 Å². The number of carbonyl (C=O) groups is 1. The highest BCUT2D eigenvalue weighted by molar-refractivity contribution is 7.17. The Kier molecular flexibility index (Phi) is 5.93. The van der Waals surface area contributed by atoms with Crippen LogP contribution in [0.4, 0.5) is 5.13 Å². The number of nitrogens with two attached hydrogens (primary N) is 1. The Balaban J connectivity index is 2.23. The maximum atomic E-state index is 11.7. The second-order valence-electron chi connectivity index (χ2n) is 3.86. The second-order valence-corrected chi connectivity index (χ2v) is 4.89. The predicted octanol–water partition coefficient (Wildman–Crippen LogP) is 1.32. The number of aryl methyl sites for hydroxylation is 1. The summed E-state index contributed by atoms with van der Waals surface area (Å²) >= 11 is 1.22. The largest absolute Gasteiger partial charge is 0.396 e. The number of nitrogens with one attached hydrogen (secondary N) is 1. The molecule has 96 valence electrons. The van der Waals surface area contributed by atoms with Gasteiger partial charge in [-0.25, -0.2) is 4.98 Å².